The highest BCUT2D eigenvalue weighted by molar-refractivity contribution is 7.66. The minimum Gasteiger partial charge on any atom is -0.386 e. The van der Waals surface area contributed by atoms with Gasteiger partial charge >= 0.3 is 29.2 Å². The number of nitrogen functional groups attached to an aromatic ring is 1. The lowest BCUT2D eigenvalue weighted by Crippen LogP contribution is -2.46. The van der Waals surface area contributed by atoms with Crippen LogP contribution in [0.25, 0.3) is 0 Å². The maximum atomic E-state index is 15.8. The quantitative estimate of drug-likeness (QED) is 0.178. The number of phosphoric acid groups is 3. The molecule has 0 spiro atoms. The van der Waals surface area contributed by atoms with Gasteiger partial charge in [-0.2, -0.15) is 13.6 Å². The second-order valence-corrected chi connectivity index (χ2v) is 11.3. The van der Waals surface area contributed by atoms with Crippen molar-refractivity contribution in [3.8, 4) is 11.3 Å². The Labute approximate surface area is 194 Å². The van der Waals surface area contributed by atoms with E-state index in [0.717, 1.165) is 6.92 Å². The van der Waals surface area contributed by atoms with E-state index in [2.05, 4.69) is 18.1 Å². The molecular formula is C13H18ClFN3O13P3. The van der Waals surface area contributed by atoms with E-state index in [0.29, 0.717) is 4.57 Å². The number of nitrogens with zero attached hydrogens (tertiary/aromatic N) is 2. The maximum Gasteiger partial charge on any atom is 0.490 e. The van der Waals surface area contributed by atoms with Crippen molar-refractivity contribution in [2.75, 3.05) is 5.73 Å². The molecule has 0 aliphatic carbocycles. The average Bonchev–Trinajstić information content (AvgIpc) is 2.83. The summed E-state index contributed by atoms with van der Waals surface area (Å²) < 4.78 is 67.7. The summed E-state index contributed by atoms with van der Waals surface area (Å²) in [4.78, 5) is 51.8. The van der Waals surface area contributed by atoms with Crippen molar-refractivity contribution in [2.24, 2.45) is 0 Å². The van der Waals surface area contributed by atoms with E-state index in [1.54, 1.807) is 5.38 Å². The van der Waals surface area contributed by atoms with Crippen molar-refractivity contribution in [2.45, 2.75) is 44.1 Å². The van der Waals surface area contributed by atoms with Gasteiger partial charge in [-0.1, -0.05) is 0 Å². The molecule has 21 heteroatoms. The average molecular weight is 572 g/mol. The number of ether oxygens (including phenoxy) is 1. The Morgan fingerprint density at radius 3 is 2.38 bits per heavy atom. The van der Waals surface area contributed by atoms with Crippen LogP contribution in [0.15, 0.2) is 10.9 Å². The van der Waals surface area contributed by atoms with Crippen LogP contribution in [0.5, 0.6) is 0 Å². The van der Waals surface area contributed by atoms with E-state index in [1.807, 2.05) is 5.92 Å². The summed E-state index contributed by atoms with van der Waals surface area (Å²) in [5, 5.41) is 12.2. The van der Waals surface area contributed by atoms with Crippen LogP contribution in [0.2, 0.25) is 0 Å². The first kappa shape index (κ1) is 29.0. The number of aliphatic hydroxyl groups is 1. The van der Waals surface area contributed by atoms with E-state index in [4.69, 9.17) is 31.9 Å². The number of aliphatic hydroxyl groups excluding tert-OH is 1. The molecule has 0 aromatic carbocycles. The molecule has 0 radical (unpaired) electrons. The van der Waals surface area contributed by atoms with Gasteiger partial charge in [-0.05, 0) is 37.4 Å². The predicted molar refractivity (Wildman–Crippen MR) is 109 cm³/mol. The summed E-state index contributed by atoms with van der Waals surface area (Å²) in [7, 11) is -17.1. The fourth-order valence-electron chi connectivity index (χ4n) is 3.02. The van der Waals surface area contributed by atoms with Gasteiger partial charge in [0.05, 0.1) is 6.10 Å². The van der Waals surface area contributed by atoms with Gasteiger partial charge in [-0.25, -0.2) is 22.9 Å². The molecule has 1 aliphatic heterocycles. The van der Waals surface area contributed by atoms with E-state index in [9.17, 15) is 33.4 Å². The number of rotatable bonds is 8. The van der Waals surface area contributed by atoms with Gasteiger partial charge in [0, 0.05) is 11.1 Å². The Kier molecular flexibility index (Phi) is 8.57. The number of hydrogen-bond acceptors (Lipinski definition) is 11. The summed E-state index contributed by atoms with van der Waals surface area (Å²) in [6.07, 6.45) is -8.04. The fraction of sp³-hybridized carbons (Fsp3) is 0.538. The third-order valence-corrected chi connectivity index (χ3v) is 8.23. The zero-order valence-corrected chi connectivity index (χ0v) is 20.4. The van der Waals surface area contributed by atoms with Crippen LogP contribution in [-0.4, -0.2) is 58.2 Å². The van der Waals surface area contributed by atoms with Crippen LogP contribution in [0.3, 0.4) is 0 Å². The SMILES string of the molecule is Cc1cc(N)nc(=O)n1[C@@H]1O[C@H]([C@@H](C)OP(=O)(O)OP(=O)(O)OP(=O)(O)O)[C@H](O)C1(F)C#CCl. The highest BCUT2D eigenvalue weighted by atomic mass is 35.5. The van der Waals surface area contributed by atoms with Gasteiger partial charge in [-0.15, -0.1) is 0 Å². The molecule has 0 amide bonds. The minimum atomic E-state index is -5.84. The lowest BCUT2D eigenvalue weighted by atomic mass is 9.95. The lowest BCUT2D eigenvalue weighted by Gasteiger charge is -2.25. The van der Waals surface area contributed by atoms with E-state index >= 15 is 4.39 Å². The number of alkyl halides is 1. The Bertz CT molecular complexity index is 1210. The Morgan fingerprint density at radius 1 is 1.29 bits per heavy atom. The third kappa shape index (κ3) is 6.71. The first-order chi connectivity index (χ1) is 15.3. The molecule has 16 nitrogen and oxygen atoms in total. The molecular weight excluding hydrogens is 554 g/mol. The summed E-state index contributed by atoms with van der Waals surface area (Å²) in [6.45, 7) is 2.26. The lowest BCUT2D eigenvalue weighted by molar-refractivity contribution is -0.0786. The molecule has 34 heavy (non-hydrogen) atoms. The molecule has 3 unspecified atom stereocenters. The van der Waals surface area contributed by atoms with Gasteiger partial charge in [-0.3, -0.25) is 9.09 Å². The van der Waals surface area contributed by atoms with Crippen LogP contribution < -0.4 is 11.4 Å². The van der Waals surface area contributed by atoms with Gasteiger partial charge in [0.25, 0.3) is 0 Å². The van der Waals surface area contributed by atoms with Gasteiger partial charge < -0.3 is 35.2 Å². The third-order valence-electron chi connectivity index (χ3n) is 4.21. The minimum absolute atomic E-state index is 0.0225. The van der Waals surface area contributed by atoms with E-state index in [1.165, 1.54) is 13.0 Å². The van der Waals surface area contributed by atoms with Crippen molar-refractivity contribution in [1.82, 2.24) is 9.55 Å². The predicted octanol–water partition coefficient (Wildman–Crippen LogP) is 0.0320. The van der Waals surface area contributed by atoms with E-state index in [-0.39, 0.29) is 11.5 Å². The van der Waals surface area contributed by atoms with Crippen LogP contribution in [-0.2, 0) is 31.6 Å². The number of aryl methyl sites for hydroxylation is 1. The standard InChI is InChI=1S/C13H18ClFN3O13P3/c1-6-5-8(16)17-12(20)18(6)11-13(15,3-4-14)10(19)9(28-11)7(2)29-33(24,25)31-34(26,27)30-32(21,22)23/h5,7,9-11,19H,1-2H3,(H,24,25)(H,26,27)(H2,16,17,20)(H2,21,22,23)/t7-,9-,10+,11-,13?/m1/s1. The van der Waals surface area contributed by atoms with Gasteiger partial charge in [0.1, 0.15) is 18.0 Å². The summed E-state index contributed by atoms with van der Waals surface area (Å²) >= 11 is 5.29. The van der Waals surface area contributed by atoms with Crippen molar-refractivity contribution in [3.63, 3.8) is 0 Å². The monoisotopic (exact) mass is 571 g/mol. The van der Waals surface area contributed by atoms with Gasteiger partial charge in [0.15, 0.2) is 6.23 Å². The fourth-order valence-corrected chi connectivity index (χ4v) is 6.36. The molecule has 192 valence electrons. The zero-order chi connectivity index (χ0) is 26.3. The topological polar surface area (TPSA) is 250 Å². The van der Waals surface area contributed by atoms with Crippen LogP contribution >= 0.6 is 35.1 Å². The number of halogens is 2. The van der Waals surface area contributed by atoms with E-state index < -0.39 is 59.4 Å². The molecule has 7 atom stereocenters. The van der Waals surface area contributed by atoms with Gasteiger partial charge in [0.2, 0.25) is 5.67 Å². The maximum absolute atomic E-state index is 15.8. The second-order valence-electron chi connectivity index (χ2n) is 6.76. The molecule has 2 rings (SSSR count). The second kappa shape index (κ2) is 10.0. The first-order valence-corrected chi connectivity index (χ1v) is 13.5. The highest BCUT2D eigenvalue weighted by Crippen LogP contribution is 2.66. The number of hydrogen-bond donors (Lipinski definition) is 6. The summed E-state index contributed by atoms with van der Waals surface area (Å²) in [6, 6.07) is 1.18. The van der Waals surface area contributed by atoms with Crippen molar-refractivity contribution in [1.29, 1.82) is 0 Å². The number of phosphoric ester groups is 1. The molecule has 1 aromatic rings. The number of anilines is 1. The molecule has 7 N–H and O–H groups in total. The molecule has 2 heterocycles. The Morgan fingerprint density at radius 2 is 1.88 bits per heavy atom. The molecule has 1 aromatic heterocycles. The summed E-state index contributed by atoms with van der Waals surface area (Å²) in [5.74, 6) is 1.64. The Balaban J connectivity index is 2.37. The molecule has 0 saturated carbocycles. The van der Waals surface area contributed by atoms with Crippen LogP contribution in [0.1, 0.15) is 18.8 Å². The number of aromatic nitrogens is 2. The zero-order valence-electron chi connectivity index (χ0n) is 17.0. The van der Waals surface area contributed by atoms with Crippen molar-refractivity contribution < 1.29 is 60.6 Å². The molecule has 1 aliphatic rings. The molecule has 1 saturated heterocycles. The molecule has 1 fully saturated rings. The molecule has 0 bridgehead atoms. The first-order valence-electron chi connectivity index (χ1n) is 8.65. The highest BCUT2D eigenvalue weighted by Gasteiger charge is 2.60. The van der Waals surface area contributed by atoms with Crippen LogP contribution in [0, 0.1) is 18.2 Å². The van der Waals surface area contributed by atoms with Crippen molar-refractivity contribution >= 4 is 40.9 Å². The van der Waals surface area contributed by atoms with Crippen molar-refractivity contribution in [3.05, 3.63) is 22.2 Å². The smallest absolute Gasteiger partial charge is 0.386 e. The summed E-state index contributed by atoms with van der Waals surface area (Å²) in [5.41, 5.74) is 1.28. The number of nitrogens with two attached hydrogens (primary N) is 1. The van der Waals surface area contributed by atoms with Crippen LogP contribution in [0.4, 0.5) is 10.2 Å². The Hall–Kier alpha value is -1.21. The normalized spacial score (nSPS) is 29.5. The largest absolute Gasteiger partial charge is 0.490 e.